The summed E-state index contributed by atoms with van der Waals surface area (Å²) in [5.41, 5.74) is 7.49. The molecule has 0 amide bonds. The van der Waals surface area contributed by atoms with Gasteiger partial charge >= 0.3 is 5.69 Å². The molecule has 1 aromatic carbocycles. The van der Waals surface area contributed by atoms with Crippen molar-refractivity contribution in [3.63, 3.8) is 0 Å². The van der Waals surface area contributed by atoms with Crippen LogP contribution in [-0.2, 0) is 20.0 Å². The number of para-hydroxylation sites is 1. The lowest BCUT2D eigenvalue weighted by molar-refractivity contribution is 0.410. The maximum Gasteiger partial charge on any atom is 0.328 e. The number of aromatic amines is 1. The first kappa shape index (κ1) is 14.7. The van der Waals surface area contributed by atoms with Gasteiger partial charge in [0.15, 0.2) is 0 Å². The van der Waals surface area contributed by atoms with E-state index >= 15 is 0 Å². The molecule has 0 unspecified atom stereocenters. The standard InChI is InChI=1S/C15H17ClN4O2/c1-19-8-9(10-3-2-4-11(16)13(10)19)7-12-14(21)20(6-5-17)15(22)18-12/h2-4,8,21H,5-7,17H2,1H3,(H,18,22). The molecule has 0 bridgehead atoms. The van der Waals surface area contributed by atoms with Crippen LogP contribution in [0.2, 0.25) is 5.02 Å². The third kappa shape index (κ3) is 2.30. The normalized spacial score (nSPS) is 11.4. The zero-order chi connectivity index (χ0) is 15.9. The van der Waals surface area contributed by atoms with Crippen molar-refractivity contribution in [1.82, 2.24) is 14.1 Å². The van der Waals surface area contributed by atoms with E-state index in [-0.39, 0.29) is 24.7 Å². The predicted molar refractivity (Wildman–Crippen MR) is 86.5 cm³/mol. The summed E-state index contributed by atoms with van der Waals surface area (Å²) >= 11 is 6.23. The van der Waals surface area contributed by atoms with E-state index in [1.807, 2.05) is 36.0 Å². The number of imidazole rings is 1. The quantitative estimate of drug-likeness (QED) is 0.682. The summed E-state index contributed by atoms with van der Waals surface area (Å²) in [5, 5.41) is 11.9. The molecular formula is C15H17ClN4O2. The predicted octanol–water partition coefficient (Wildman–Crippen LogP) is 1.58. The van der Waals surface area contributed by atoms with Gasteiger partial charge in [-0.15, -0.1) is 0 Å². The maximum absolute atomic E-state index is 11.8. The van der Waals surface area contributed by atoms with Crippen molar-refractivity contribution in [2.45, 2.75) is 13.0 Å². The molecule has 2 heterocycles. The number of nitrogens with one attached hydrogen (secondary N) is 1. The minimum absolute atomic E-state index is 0.0607. The number of hydrogen-bond donors (Lipinski definition) is 3. The molecule has 0 fully saturated rings. The van der Waals surface area contributed by atoms with Crippen LogP contribution < -0.4 is 11.4 Å². The molecule has 0 spiro atoms. The number of nitrogens with zero attached hydrogens (tertiary/aromatic N) is 2. The Bertz CT molecular complexity index is 891. The van der Waals surface area contributed by atoms with E-state index in [4.69, 9.17) is 17.3 Å². The van der Waals surface area contributed by atoms with Crippen molar-refractivity contribution in [2.75, 3.05) is 6.54 Å². The van der Waals surface area contributed by atoms with Crippen molar-refractivity contribution < 1.29 is 5.11 Å². The lowest BCUT2D eigenvalue weighted by atomic mass is 10.1. The topological polar surface area (TPSA) is 89.0 Å². The van der Waals surface area contributed by atoms with Crippen LogP contribution in [0.15, 0.2) is 29.2 Å². The van der Waals surface area contributed by atoms with Crippen LogP contribution in [0.5, 0.6) is 5.88 Å². The van der Waals surface area contributed by atoms with Gasteiger partial charge < -0.3 is 20.4 Å². The van der Waals surface area contributed by atoms with Crippen LogP contribution in [0.25, 0.3) is 10.9 Å². The molecule has 3 rings (SSSR count). The molecule has 3 aromatic rings. The lowest BCUT2D eigenvalue weighted by Gasteiger charge is -2.02. The van der Waals surface area contributed by atoms with Crippen LogP contribution >= 0.6 is 11.6 Å². The number of benzene rings is 1. The van der Waals surface area contributed by atoms with Gasteiger partial charge in [-0.3, -0.25) is 4.57 Å². The number of fused-ring (bicyclic) bond motifs is 1. The Morgan fingerprint density at radius 2 is 2.18 bits per heavy atom. The van der Waals surface area contributed by atoms with Crippen molar-refractivity contribution in [3.8, 4) is 5.88 Å². The summed E-state index contributed by atoms with van der Waals surface area (Å²) in [5.74, 6) is -0.0607. The first-order valence-electron chi connectivity index (χ1n) is 6.96. The number of aromatic hydroxyl groups is 1. The number of hydrogen-bond acceptors (Lipinski definition) is 3. The molecule has 0 saturated carbocycles. The molecule has 0 radical (unpaired) electrons. The Kier molecular flexibility index (Phi) is 3.72. The molecule has 0 aliphatic heterocycles. The van der Waals surface area contributed by atoms with Crippen molar-refractivity contribution in [2.24, 2.45) is 12.8 Å². The molecule has 0 atom stereocenters. The average Bonchev–Trinajstić information content (AvgIpc) is 2.93. The molecule has 6 nitrogen and oxygen atoms in total. The Balaban J connectivity index is 2.06. The summed E-state index contributed by atoms with van der Waals surface area (Å²) in [7, 11) is 1.92. The fraction of sp³-hybridized carbons (Fsp3) is 0.267. The van der Waals surface area contributed by atoms with Gasteiger partial charge in [0.25, 0.3) is 0 Å². The van der Waals surface area contributed by atoms with Crippen molar-refractivity contribution in [1.29, 1.82) is 0 Å². The number of halogens is 1. The Labute approximate surface area is 131 Å². The molecule has 116 valence electrons. The van der Waals surface area contributed by atoms with E-state index < -0.39 is 0 Å². The first-order chi connectivity index (χ1) is 10.5. The van der Waals surface area contributed by atoms with Gasteiger partial charge in [-0.25, -0.2) is 4.79 Å². The smallest absolute Gasteiger partial charge is 0.328 e. The second-order valence-electron chi connectivity index (χ2n) is 5.25. The highest BCUT2D eigenvalue weighted by molar-refractivity contribution is 6.35. The van der Waals surface area contributed by atoms with Gasteiger partial charge in [0.2, 0.25) is 5.88 Å². The van der Waals surface area contributed by atoms with Crippen molar-refractivity contribution >= 4 is 22.5 Å². The SMILES string of the molecule is Cn1cc(Cc2[nH]c(=O)n(CCN)c2O)c2cccc(Cl)c21. The summed E-state index contributed by atoms with van der Waals surface area (Å²) in [6.07, 6.45) is 2.37. The van der Waals surface area contributed by atoms with Crippen molar-refractivity contribution in [3.05, 3.63) is 51.2 Å². The van der Waals surface area contributed by atoms with Gasteiger partial charge in [0, 0.05) is 38.1 Å². The Hall–Kier alpha value is -2.18. The van der Waals surface area contributed by atoms with E-state index in [2.05, 4.69) is 4.98 Å². The molecule has 0 saturated heterocycles. The van der Waals surface area contributed by atoms with Gasteiger partial charge in [-0.1, -0.05) is 23.7 Å². The van der Waals surface area contributed by atoms with E-state index in [0.717, 1.165) is 16.5 Å². The number of nitrogens with two attached hydrogens (primary N) is 1. The molecule has 0 aliphatic carbocycles. The fourth-order valence-electron chi connectivity index (χ4n) is 2.80. The number of rotatable bonds is 4. The summed E-state index contributed by atoms with van der Waals surface area (Å²) in [4.78, 5) is 14.5. The third-order valence-electron chi connectivity index (χ3n) is 3.78. The van der Waals surface area contributed by atoms with Crippen LogP contribution in [-0.4, -0.2) is 25.8 Å². The monoisotopic (exact) mass is 320 g/mol. The van der Waals surface area contributed by atoms with Crippen LogP contribution in [0.1, 0.15) is 11.3 Å². The maximum atomic E-state index is 11.8. The third-order valence-corrected chi connectivity index (χ3v) is 4.09. The Morgan fingerprint density at radius 3 is 2.91 bits per heavy atom. The molecule has 4 N–H and O–H groups in total. The molecule has 22 heavy (non-hydrogen) atoms. The molecule has 7 heteroatoms. The minimum Gasteiger partial charge on any atom is -0.493 e. The minimum atomic E-state index is -0.351. The number of aromatic nitrogens is 3. The summed E-state index contributed by atoms with van der Waals surface area (Å²) in [6.45, 7) is 0.567. The zero-order valence-electron chi connectivity index (χ0n) is 12.1. The van der Waals surface area contributed by atoms with Gasteiger partial charge in [-0.05, 0) is 11.6 Å². The van der Waals surface area contributed by atoms with Crippen LogP contribution in [0.3, 0.4) is 0 Å². The van der Waals surface area contributed by atoms with E-state index in [1.165, 1.54) is 4.57 Å². The lowest BCUT2D eigenvalue weighted by Crippen LogP contribution is -2.21. The molecule has 0 aliphatic rings. The van der Waals surface area contributed by atoms with Gasteiger partial charge in [-0.2, -0.15) is 0 Å². The average molecular weight is 321 g/mol. The van der Waals surface area contributed by atoms with Gasteiger partial charge in [0.1, 0.15) is 0 Å². The van der Waals surface area contributed by atoms with Crippen LogP contribution in [0, 0.1) is 0 Å². The van der Waals surface area contributed by atoms with E-state index in [9.17, 15) is 9.90 Å². The number of aryl methyl sites for hydroxylation is 1. The van der Waals surface area contributed by atoms with Gasteiger partial charge in [0.05, 0.1) is 16.2 Å². The summed E-state index contributed by atoms with van der Waals surface area (Å²) < 4.78 is 3.19. The highest BCUT2D eigenvalue weighted by Crippen LogP contribution is 2.29. The second kappa shape index (κ2) is 5.55. The Morgan fingerprint density at radius 1 is 1.41 bits per heavy atom. The molecule has 2 aromatic heterocycles. The second-order valence-corrected chi connectivity index (χ2v) is 5.66. The van der Waals surface area contributed by atoms with E-state index in [1.54, 1.807) is 0 Å². The summed E-state index contributed by atoms with van der Waals surface area (Å²) in [6, 6.07) is 5.70. The first-order valence-corrected chi connectivity index (χ1v) is 7.34. The van der Waals surface area contributed by atoms with E-state index in [0.29, 0.717) is 17.1 Å². The molecular weight excluding hydrogens is 304 g/mol. The fourth-order valence-corrected chi connectivity index (χ4v) is 3.11. The highest BCUT2D eigenvalue weighted by Gasteiger charge is 2.16. The zero-order valence-corrected chi connectivity index (χ0v) is 12.9. The highest BCUT2D eigenvalue weighted by atomic mass is 35.5. The van der Waals surface area contributed by atoms with Crippen LogP contribution in [0.4, 0.5) is 0 Å². The largest absolute Gasteiger partial charge is 0.493 e. The number of H-pyrrole nitrogens is 1.